The van der Waals surface area contributed by atoms with E-state index >= 15 is 0 Å². The zero-order chi connectivity index (χ0) is 21.0. The SMILES string of the molecule is COc1ccc(-c2nn(-c3ccccc3)cc2C(=O)NCC(C)(C)N)cc1OC. The Hall–Kier alpha value is -3.32. The molecule has 0 aliphatic carbocycles. The number of carbonyl (C=O) groups excluding carboxylic acids is 1. The maximum atomic E-state index is 12.9. The number of rotatable bonds is 7. The number of hydrogen-bond acceptors (Lipinski definition) is 5. The van der Waals surface area contributed by atoms with Crippen LogP contribution >= 0.6 is 0 Å². The topological polar surface area (TPSA) is 91.4 Å². The number of amides is 1. The van der Waals surface area contributed by atoms with Crippen LogP contribution in [0.5, 0.6) is 11.5 Å². The van der Waals surface area contributed by atoms with Crippen LogP contribution in [0.25, 0.3) is 16.9 Å². The predicted octanol–water partition coefficient (Wildman–Crippen LogP) is 3.02. The Balaban J connectivity index is 2.07. The predicted molar refractivity (Wildman–Crippen MR) is 113 cm³/mol. The van der Waals surface area contributed by atoms with Gasteiger partial charge in [-0.25, -0.2) is 4.68 Å². The highest BCUT2D eigenvalue weighted by Gasteiger charge is 2.21. The minimum Gasteiger partial charge on any atom is -0.493 e. The van der Waals surface area contributed by atoms with E-state index in [0.717, 1.165) is 11.3 Å². The van der Waals surface area contributed by atoms with Crippen molar-refractivity contribution in [3.05, 3.63) is 60.3 Å². The van der Waals surface area contributed by atoms with Crippen molar-refractivity contribution in [3.8, 4) is 28.4 Å². The van der Waals surface area contributed by atoms with Gasteiger partial charge in [-0.1, -0.05) is 18.2 Å². The number of hydrogen-bond donors (Lipinski definition) is 2. The molecule has 0 fully saturated rings. The van der Waals surface area contributed by atoms with Gasteiger partial charge in [0.15, 0.2) is 11.5 Å². The molecule has 3 aromatic rings. The summed E-state index contributed by atoms with van der Waals surface area (Å²) in [5.41, 5.74) is 8.08. The number of nitrogens with zero attached hydrogens (tertiary/aromatic N) is 2. The minimum absolute atomic E-state index is 0.240. The molecule has 0 atom stereocenters. The first-order valence-electron chi connectivity index (χ1n) is 9.27. The average molecular weight is 394 g/mol. The number of para-hydroxylation sites is 1. The van der Waals surface area contributed by atoms with Gasteiger partial charge in [0.05, 0.1) is 25.5 Å². The molecule has 0 aliphatic rings. The number of ether oxygens (including phenoxy) is 2. The third kappa shape index (κ3) is 4.75. The third-order valence-electron chi connectivity index (χ3n) is 4.34. The summed E-state index contributed by atoms with van der Waals surface area (Å²) in [7, 11) is 3.15. The van der Waals surface area contributed by atoms with Gasteiger partial charge in [0.2, 0.25) is 0 Å². The van der Waals surface area contributed by atoms with Crippen LogP contribution in [0.3, 0.4) is 0 Å². The largest absolute Gasteiger partial charge is 0.493 e. The number of methoxy groups -OCH3 is 2. The summed E-state index contributed by atoms with van der Waals surface area (Å²) in [4.78, 5) is 12.9. The third-order valence-corrected chi connectivity index (χ3v) is 4.34. The van der Waals surface area contributed by atoms with Crippen LogP contribution in [0.1, 0.15) is 24.2 Å². The minimum atomic E-state index is -0.519. The van der Waals surface area contributed by atoms with Crippen molar-refractivity contribution in [1.82, 2.24) is 15.1 Å². The van der Waals surface area contributed by atoms with Crippen molar-refractivity contribution in [3.63, 3.8) is 0 Å². The second-order valence-electron chi connectivity index (χ2n) is 7.41. The standard InChI is InChI=1S/C22H26N4O3/c1-22(2,23)14-24-21(27)17-13-26(16-8-6-5-7-9-16)25-20(17)15-10-11-18(28-3)19(12-15)29-4/h5-13H,14,23H2,1-4H3,(H,24,27). The molecule has 3 N–H and O–H groups in total. The molecule has 29 heavy (non-hydrogen) atoms. The highest BCUT2D eigenvalue weighted by Crippen LogP contribution is 2.33. The quantitative estimate of drug-likeness (QED) is 0.643. The van der Waals surface area contributed by atoms with E-state index in [0.29, 0.717) is 29.3 Å². The Morgan fingerprint density at radius 3 is 2.41 bits per heavy atom. The molecular formula is C22H26N4O3. The monoisotopic (exact) mass is 394 g/mol. The van der Waals surface area contributed by atoms with Crippen molar-refractivity contribution in [2.45, 2.75) is 19.4 Å². The lowest BCUT2D eigenvalue weighted by Crippen LogP contribution is -2.45. The Bertz CT molecular complexity index is 991. The lowest BCUT2D eigenvalue weighted by molar-refractivity contribution is 0.0946. The van der Waals surface area contributed by atoms with Crippen molar-refractivity contribution >= 4 is 5.91 Å². The number of nitrogens with one attached hydrogen (secondary N) is 1. The summed E-state index contributed by atoms with van der Waals surface area (Å²) >= 11 is 0. The number of carbonyl (C=O) groups is 1. The smallest absolute Gasteiger partial charge is 0.255 e. The molecule has 3 rings (SSSR count). The highest BCUT2D eigenvalue weighted by atomic mass is 16.5. The van der Waals surface area contributed by atoms with E-state index in [4.69, 9.17) is 15.2 Å². The zero-order valence-electron chi connectivity index (χ0n) is 17.1. The van der Waals surface area contributed by atoms with Crippen LogP contribution in [0, 0.1) is 0 Å². The molecule has 0 spiro atoms. The molecule has 0 bridgehead atoms. The summed E-state index contributed by atoms with van der Waals surface area (Å²) in [6.45, 7) is 4.06. The van der Waals surface area contributed by atoms with Gasteiger partial charge in [-0.15, -0.1) is 0 Å². The molecule has 1 aromatic heterocycles. The first-order chi connectivity index (χ1) is 13.8. The summed E-state index contributed by atoms with van der Waals surface area (Å²) in [6, 6.07) is 15.1. The first-order valence-corrected chi connectivity index (χ1v) is 9.27. The Morgan fingerprint density at radius 1 is 1.10 bits per heavy atom. The van der Waals surface area contributed by atoms with Crippen LogP contribution in [0.2, 0.25) is 0 Å². The van der Waals surface area contributed by atoms with Gasteiger partial charge < -0.3 is 20.5 Å². The number of benzene rings is 2. The first kappa shape index (κ1) is 20.4. The van der Waals surface area contributed by atoms with Crippen LogP contribution in [0.4, 0.5) is 0 Å². The van der Waals surface area contributed by atoms with Gasteiger partial charge in [-0.05, 0) is 44.2 Å². The molecule has 0 aliphatic heterocycles. The van der Waals surface area contributed by atoms with E-state index in [1.54, 1.807) is 37.2 Å². The normalized spacial score (nSPS) is 11.2. The van der Waals surface area contributed by atoms with Gasteiger partial charge in [-0.2, -0.15) is 5.10 Å². The zero-order valence-corrected chi connectivity index (χ0v) is 17.1. The molecule has 0 radical (unpaired) electrons. The fraction of sp³-hybridized carbons (Fsp3) is 0.273. The molecule has 0 saturated heterocycles. The number of nitrogens with two attached hydrogens (primary N) is 1. The Labute approximate surface area is 170 Å². The average Bonchev–Trinajstić information content (AvgIpc) is 3.17. The van der Waals surface area contributed by atoms with E-state index in [-0.39, 0.29) is 5.91 Å². The number of aromatic nitrogens is 2. The van der Waals surface area contributed by atoms with Crippen LogP contribution in [-0.4, -0.2) is 42.0 Å². The fourth-order valence-corrected chi connectivity index (χ4v) is 2.85. The van der Waals surface area contributed by atoms with E-state index in [1.807, 2.05) is 50.2 Å². The lowest BCUT2D eigenvalue weighted by atomic mass is 10.1. The second-order valence-corrected chi connectivity index (χ2v) is 7.41. The van der Waals surface area contributed by atoms with Crippen molar-refractivity contribution in [2.75, 3.05) is 20.8 Å². The van der Waals surface area contributed by atoms with Crippen LogP contribution in [-0.2, 0) is 0 Å². The van der Waals surface area contributed by atoms with E-state index < -0.39 is 5.54 Å². The van der Waals surface area contributed by atoms with Gasteiger partial charge in [0.25, 0.3) is 5.91 Å². The molecular weight excluding hydrogens is 368 g/mol. The van der Waals surface area contributed by atoms with E-state index in [9.17, 15) is 4.79 Å². The van der Waals surface area contributed by atoms with Crippen LogP contribution in [0.15, 0.2) is 54.7 Å². The molecule has 7 nitrogen and oxygen atoms in total. The van der Waals surface area contributed by atoms with Gasteiger partial charge >= 0.3 is 0 Å². The highest BCUT2D eigenvalue weighted by molar-refractivity contribution is 6.00. The molecule has 1 heterocycles. The van der Waals surface area contributed by atoms with Crippen molar-refractivity contribution < 1.29 is 14.3 Å². The molecule has 152 valence electrons. The second kappa shape index (κ2) is 8.36. The summed E-state index contributed by atoms with van der Waals surface area (Å²) in [5, 5.41) is 7.57. The Kier molecular flexibility index (Phi) is 5.89. The lowest BCUT2D eigenvalue weighted by Gasteiger charge is -2.18. The molecule has 0 saturated carbocycles. The van der Waals surface area contributed by atoms with Crippen LogP contribution < -0.4 is 20.5 Å². The van der Waals surface area contributed by atoms with Crippen molar-refractivity contribution in [2.24, 2.45) is 5.73 Å². The fourth-order valence-electron chi connectivity index (χ4n) is 2.85. The maximum absolute atomic E-state index is 12.9. The summed E-state index contributed by atoms with van der Waals surface area (Å²) in [6.07, 6.45) is 1.72. The van der Waals surface area contributed by atoms with E-state index in [1.165, 1.54) is 0 Å². The molecule has 2 aromatic carbocycles. The summed E-state index contributed by atoms with van der Waals surface area (Å²) < 4.78 is 12.4. The maximum Gasteiger partial charge on any atom is 0.255 e. The Morgan fingerprint density at radius 2 is 1.79 bits per heavy atom. The van der Waals surface area contributed by atoms with Gasteiger partial charge in [-0.3, -0.25) is 4.79 Å². The van der Waals surface area contributed by atoms with Crippen molar-refractivity contribution in [1.29, 1.82) is 0 Å². The molecule has 0 unspecified atom stereocenters. The van der Waals surface area contributed by atoms with Gasteiger partial charge in [0.1, 0.15) is 5.69 Å². The van der Waals surface area contributed by atoms with E-state index in [2.05, 4.69) is 10.4 Å². The van der Waals surface area contributed by atoms with Gasteiger partial charge in [0, 0.05) is 23.8 Å². The molecule has 1 amide bonds. The molecule has 7 heteroatoms. The summed E-state index contributed by atoms with van der Waals surface area (Å²) in [5.74, 6) is 0.929.